The minimum Gasteiger partial charge on any atom is -0.450 e. The van der Waals surface area contributed by atoms with Crippen LogP contribution in [0.25, 0.3) is 0 Å². The average Bonchev–Trinajstić information content (AvgIpc) is 2.27. The molecular formula is C10H17ClN2O2. The molecule has 0 bridgehead atoms. The van der Waals surface area contributed by atoms with Gasteiger partial charge in [0.15, 0.2) is 0 Å². The van der Waals surface area contributed by atoms with E-state index in [0.29, 0.717) is 6.61 Å². The van der Waals surface area contributed by atoms with Gasteiger partial charge in [-0.2, -0.15) is 0 Å². The summed E-state index contributed by atoms with van der Waals surface area (Å²) in [5.74, 6) is 0. The fraction of sp³-hybridized carbons (Fsp3) is 0.700. The van der Waals surface area contributed by atoms with Crippen LogP contribution in [0.3, 0.4) is 0 Å². The van der Waals surface area contributed by atoms with Crippen LogP contribution in [0.2, 0.25) is 0 Å². The second-order valence-electron chi connectivity index (χ2n) is 3.35. The Kier molecular flexibility index (Phi) is 5.50. The monoisotopic (exact) mass is 232 g/mol. The minimum atomic E-state index is -0.204. The summed E-state index contributed by atoms with van der Waals surface area (Å²) in [5, 5.41) is 0. The molecule has 5 heteroatoms. The van der Waals surface area contributed by atoms with E-state index in [-0.39, 0.29) is 6.09 Å². The van der Waals surface area contributed by atoms with Gasteiger partial charge >= 0.3 is 6.09 Å². The first-order valence-corrected chi connectivity index (χ1v) is 5.61. The van der Waals surface area contributed by atoms with E-state index in [4.69, 9.17) is 16.3 Å². The third kappa shape index (κ3) is 4.10. The minimum absolute atomic E-state index is 0.204. The molecule has 15 heavy (non-hydrogen) atoms. The molecule has 86 valence electrons. The van der Waals surface area contributed by atoms with Gasteiger partial charge in [0, 0.05) is 38.3 Å². The number of carbonyl (C=O) groups excluding carboxylic acids is 1. The molecule has 0 saturated carbocycles. The second-order valence-corrected chi connectivity index (χ2v) is 3.60. The fourth-order valence-corrected chi connectivity index (χ4v) is 1.60. The van der Waals surface area contributed by atoms with Crippen molar-refractivity contribution in [3.63, 3.8) is 0 Å². The van der Waals surface area contributed by atoms with Crippen LogP contribution in [0.15, 0.2) is 11.6 Å². The van der Waals surface area contributed by atoms with Crippen molar-refractivity contribution in [3.05, 3.63) is 11.6 Å². The Bertz CT molecular complexity index is 225. The van der Waals surface area contributed by atoms with Gasteiger partial charge in [-0.15, -0.1) is 0 Å². The Morgan fingerprint density at radius 3 is 2.60 bits per heavy atom. The van der Waals surface area contributed by atoms with Gasteiger partial charge in [0.05, 0.1) is 6.61 Å². The first kappa shape index (κ1) is 12.3. The van der Waals surface area contributed by atoms with Crippen molar-refractivity contribution in [2.24, 2.45) is 0 Å². The Hall–Kier alpha value is -0.740. The number of halogens is 1. The van der Waals surface area contributed by atoms with Crippen LogP contribution in [0.5, 0.6) is 0 Å². The van der Waals surface area contributed by atoms with E-state index in [2.05, 4.69) is 4.90 Å². The van der Waals surface area contributed by atoms with Gasteiger partial charge in [0.2, 0.25) is 0 Å². The summed E-state index contributed by atoms with van der Waals surface area (Å²) in [6, 6.07) is 0. The fourth-order valence-electron chi connectivity index (χ4n) is 1.52. The standard InChI is InChI=1S/C10H17ClN2O2/c1-2-15-10(14)13-8-6-12(7-9-13)5-3-4-11/h3-4H,2,5-9H2,1H3. The maximum absolute atomic E-state index is 11.4. The Balaban J connectivity index is 2.26. The highest BCUT2D eigenvalue weighted by Gasteiger charge is 2.20. The number of rotatable bonds is 3. The molecule has 1 aliphatic rings. The van der Waals surface area contributed by atoms with Crippen molar-refractivity contribution >= 4 is 17.7 Å². The molecule has 1 fully saturated rings. The summed E-state index contributed by atoms with van der Waals surface area (Å²) in [5.41, 5.74) is 1.53. The van der Waals surface area contributed by atoms with Gasteiger partial charge in [-0.3, -0.25) is 4.90 Å². The summed E-state index contributed by atoms with van der Waals surface area (Å²) in [4.78, 5) is 15.4. The molecule has 0 aromatic rings. The Labute approximate surface area is 95.4 Å². The lowest BCUT2D eigenvalue weighted by molar-refractivity contribution is 0.0825. The second kappa shape index (κ2) is 6.69. The number of hydrogen-bond donors (Lipinski definition) is 0. The Morgan fingerprint density at radius 1 is 1.40 bits per heavy atom. The first-order chi connectivity index (χ1) is 7.27. The topological polar surface area (TPSA) is 32.8 Å². The van der Waals surface area contributed by atoms with Gasteiger partial charge < -0.3 is 9.64 Å². The summed E-state index contributed by atoms with van der Waals surface area (Å²) in [6.45, 7) is 6.32. The number of hydrogen-bond acceptors (Lipinski definition) is 3. The lowest BCUT2D eigenvalue weighted by Crippen LogP contribution is -2.48. The van der Waals surface area contributed by atoms with Crippen LogP contribution >= 0.6 is 11.6 Å². The predicted octanol–water partition coefficient (Wildman–Crippen LogP) is 1.51. The highest BCUT2D eigenvalue weighted by atomic mass is 35.5. The van der Waals surface area contributed by atoms with Crippen molar-refractivity contribution in [2.45, 2.75) is 6.92 Å². The summed E-state index contributed by atoms with van der Waals surface area (Å²) < 4.78 is 4.93. The lowest BCUT2D eigenvalue weighted by Gasteiger charge is -2.33. The first-order valence-electron chi connectivity index (χ1n) is 5.17. The largest absolute Gasteiger partial charge is 0.450 e. The van der Waals surface area contributed by atoms with E-state index in [1.807, 2.05) is 13.0 Å². The van der Waals surface area contributed by atoms with Crippen LogP contribution in [-0.4, -0.2) is 55.2 Å². The van der Waals surface area contributed by atoms with Gasteiger partial charge in [-0.1, -0.05) is 17.7 Å². The van der Waals surface area contributed by atoms with Gasteiger partial charge in [0.25, 0.3) is 0 Å². The molecular weight excluding hydrogens is 216 g/mol. The SMILES string of the molecule is CCOC(=O)N1CCN(CC=CCl)CC1. The quantitative estimate of drug-likeness (QED) is 0.740. The van der Waals surface area contributed by atoms with Crippen molar-refractivity contribution in [1.29, 1.82) is 0 Å². The third-order valence-corrected chi connectivity index (χ3v) is 2.53. The number of carbonyl (C=O) groups is 1. The van der Waals surface area contributed by atoms with E-state index < -0.39 is 0 Å². The van der Waals surface area contributed by atoms with E-state index in [0.717, 1.165) is 32.7 Å². The van der Waals surface area contributed by atoms with Gasteiger partial charge in [-0.05, 0) is 6.92 Å². The zero-order valence-corrected chi connectivity index (χ0v) is 9.74. The van der Waals surface area contributed by atoms with E-state index in [9.17, 15) is 4.79 Å². The van der Waals surface area contributed by atoms with Gasteiger partial charge in [0.1, 0.15) is 0 Å². The van der Waals surface area contributed by atoms with Crippen LogP contribution < -0.4 is 0 Å². The molecule has 1 amide bonds. The third-order valence-electron chi connectivity index (χ3n) is 2.35. The number of amides is 1. The average molecular weight is 233 g/mol. The van der Waals surface area contributed by atoms with Gasteiger partial charge in [-0.25, -0.2) is 4.79 Å². The molecule has 0 unspecified atom stereocenters. The molecule has 0 aromatic carbocycles. The van der Waals surface area contributed by atoms with E-state index >= 15 is 0 Å². The van der Waals surface area contributed by atoms with Crippen LogP contribution in [0, 0.1) is 0 Å². The molecule has 1 heterocycles. The maximum Gasteiger partial charge on any atom is 0.409 e. The van der Waals surface area contributed by atoms with Crippen molar-refractivity contribution in [2.75, 3.05) is 39.3 Å². The number of ether oxygens (including phenoxy) is 1. The van der Waals surface area contributed by atoms with Crippen LogP contribution in [0.4, 0.5) is 4.79 Å². The highest BCUT2D eigenvalue weighted by Crippen LogP contribution is 2.03. The van der Waals surface area contributed by atoms with Crippen molar-refractivity contribution in [3.8, 4) is 0 Å². The highest BCUT2D eigenvalue weighted by molar-refractivity contribution is 6.25. The lowest BCUT2D eigenvalue weighted by atomic mass is 10.3. The smallest absolute Gasteiger partial charge is 0.409 e. The molecule has 0 N–H and O–H groups in total. The van der Waals surface area contributed by atoms with Crippen LogP contribution in [0.1, 0.15) is 6.92 Å². The molecule has 1 aliphatic heterocycles. The molecule has 4 nitrogen and oxygen atoms in total. The van der Waals surface area contributed by atoms with Crippen molar-refractivity contribution < 1.29 is 9.53 Å². The molecule has 0 aromatic heterocycles. The molecule has 0 aliphatic carbocycles. The Morgan fingerprint density at radius 2 is 2.07 bits per heavy atom. The van der Waals surface area contributed by atoms with E-state index in [1.165, 1.54) is 5.54 Å². The number of piperazine rings is 1. The maximum atomic E-state index is 11.4. The zero-order chi connectivity index (χ0) is 11.1. The van der Waals surface area contributed by atoms with E-state index in [1.54, 1.807) is 4.90 Å². The molecule has 1 saturated heterocycles. The van der Waals surface area contributed by atoms with Crippen molar-refractivity contribution in [1.82, 2.24) is 9.80 Å². The molecule has 0 atom stereocenters. The summed E-state index contributed by atoms with van der Waals surface area (Å²) in [6.07, 6.45) is 1.70. The molecule has 1 rings (SSSR count). The van der Waals surface area contributed by atoms with Crippen LogP contribution in [-0.2, 0) is 4.74 Å². The molecule has 0 spiro atoms. The summed E-state index contributed by atoms with van der Waals surface area (Å²) in [7, 11) is 0. The normalized spacial score (nSPS) is 18.4. The predicted molar refractivity (Wildman–Crippen MR) is 60.0 cm³/mol. The summed E-state index contributed by atoms with van der Waals surface area (Å²) >= 11 is 5.45. The zero-order valence-electron chi connectivity index (χ0n) is 8.99. The number of nitrogens with zero attached hydrogens (tertiary/aromatic N) is 2. The molecule has 0 radical (unpaired) electrons.